The summed E-state index contributed by atoms with van der Waals surface area (Å²) < 4.78 is 2.06. The highest BCUT2D eigenvalue weighted by molar-refractivity contribution is 6.24. The molecule has 0 bridgehead atoms. The first-order valence-corrected chi connectivity index (χ1v) is 10.2. The lowest BCUT2D eigenvalue weighted by Crippen LogP contribution is -2.31. The molecular weight excluding hydrogens is 372 g/mol. The van der Waals surface area contributed by atoms with Crippen LogP contribution in [0.3, 0.4) is 0 Å². The molecule has 3 aromatic rings. The fraction of sp³-hybridized carbons (Fsp3) is 0.429. The Kier molecular flexibility index (Phi) is 4.40. The van der Waals surface area contributed by atoms with Gasteiger partial charge in [-0.1, -0.05) is 19.1 Å². The lowest BCUT2D eigenvalue weighted by atomic mass is 9.71. The Balaban J connectivity index is 1.43. The van der Waals surface area contributed by atoms with Crippen LogP contribution in [0.4, 0.5) is 0 Å². The SMILES string of the molecule is CC1CC(Cl)(c2ccc3c(c2)CNCc2nncn2-3)CCC1c1cnccn1. The number of alkyl halides is 1. The average molecular weight is 395 g/mol. The molecule has 1 fully saturated rings. The minimum atomic E-state index is -0.338. The summed E-state index contributed by atoms with van der Waals surface area (Å²) in [6.07, 6.45) is 10.1. The lowest BCUT2D eigenvalue weighted by molar-refractivity contribution is 0.266. The molecule has 1 aromatic carbocycles. The van der Waals surface area contributed by atoms with Crippen LogP contribution in [0, 0.1) is 5.92 Å². The molecule has 6 nitrogen and oxygen atoms in total. The summed E-state index contributed by atoms with van der Waals surface area (Å²) in [4.78, 5) is 8.44. The molecular formula is C21H23ClN6. The zero-order valence-corrected chi connectivity index (χ0v) is 16.6. The van der Waals surface area contributed by atoms with Gasteiger partial charge < -0.3 is 5.32 Å². The van der Waals surface area contributed by atoms with E-state index in [4.69, 9.17) is 11.6 Å². The summed E-state index contributed by atoms with van der Waals surface area (Å²) in [6, 6.07) is 6.60. The Morgan fingerprint density at radius 2 is 2.18 bits per heavy atom. The Labute approximate surface area is 169 Å². The predicted octanol–water partition coefficient (Wildman–Crippen LogP) is 3.70. The van der Waals surface area contributed by atoms with Gasteiger partial charge in [0.2, 0.25) is 0 Å². The maximum Gasteiger partial charge on any atom is 0.151 e. The van der Waals surface area contributed by atoms with Gasteiger partial charge in [-0.2, -0.15) is 0 Å². The van der Waals surface area contributed by atoms with Gasteiger partial charge in [-0.15, -0.1) is 21.8 Å². The van der Waals surface area contributed by atoms with E-state index in [0.717, 1.165) is 43.0 Å². The van der Waals surface area contributed by atoms with Gasteiger partial charge in [0.1, 0.15) is 6.33 Å². The standard InChI is InChI=1S/C21H23ClN6/c1-14-9-21(22,5-4-17(14)18-11-23-6-7-25-18)16-2-3-19-15(8-16)10-24-12-20-27-26-13-28(19)20/h2-3,6-8,11,13-14,17,24H,4-5,9-10,12H2,1H3. The number of nitrogens with one attached hydrogen (secondary N) is 1. The van der Waals surface area contributed by atoms with Crippen LogP contribution in [0.5, 0.6) is 0 Å². The van der Waals surface area contributed by atoms with Crippen LogP contribution < -0.4 is 5.32 Å². The van der Waals surface area contributed by atoms with Crippen molar-refractivity contribution in [1.29, 1.82) is 0 Å². The zero-order valence-electron chi connectivity index (χ0n) is 15.8. The fourth-order valence-corrected chi connectivity index (χ4v) is 5.23. The molecule has 0 radical (unpaired) electrons. The molecule has 2 aliphatic rings. The summed E-state index contributed by atoms with van der Waals surface area (Å²) in [5, 5.41) is 11.7. The van der Waals surface area contributed by atoms with Crippen LogP contribution in [0.25, 0.3) is 5.69 Å². The highest BCUT2D eigenvalue weighted by Crippen LogP contribution is 2.50. The molecule has 1 aliphatic heterocycles. The van der Waals surface area contributed by atoms with Gasteiger partial charge in [0.05, 0.1) is 22.8 Å². The van der Waals surface area contributed by atoms with Gasteiger partial charge in [0.25, 0.3) is 0 Å². The third kappa shape index (κ3) is 3.01. The predicted molar refractivity (Wildman–Crippen MR) is 107 cm³/mol. The number of nitrogens with zero attached hydrogens (tertiary/aromatic N) is 5. The van der Waals surface area contributed by atoms with E-state index in [1.165, 1.54) is 11.1 Å². The molecule has 7 heteroatoms. The average Bonchev–Trinajstić information content (AvgIpc) is 3.10. The van der Waals surface area contributed by atoms with Crippen molar-refractivity contribution >= 4 is 11.6 Å². The van der Waals surface area contributed by atoms with E-state index in [-0.39, 0.29) is 4.87 Å². The minimum Gasteiger partial charge on any atom is -0.306 e. The molecule has 28 heavy (non-hydrogen) atoms. The lowest BCUT2D eigenvalue weighted by Gasteiger charge is -2.40. The number of aromatic nitrogens is 5. The number of benzene rings is 1. The second-order valence-corrected chi connectivity index (χ2v) is 8.71. The maximum absolute atomic E-state index is 7.22. The first-order chi connectivity index (χ1) is 13.6. The van der Waals surface area contributed by atoms with Crippen LogP contribution in [-0.4, -0.2) is 24.7 Å². The first kappa shape index (κ1) is 17.8. The molecule has 0 amide bonds. The quantitative estimate of drug-likeness (QED) is 0.671. The Hall–Kier alpha value is -2.31. The van der Waals surface area contributed by atoms with Gasteiger partial charge in [0.15, 0.2) is 5.82 Å². The Bertz CT molecular complexity index is 988. The highest BCUT2D eigenvalue weighted by Gasteiger charge is 2.40. The Morgan fingerprint density at radius 3 is 3.00 bits per heavy atom. The number of hydrogen-bond donors (Lipinski definition) is 1. The molecule has 3 heterocycles. The fourth-order valence-electron chi connectivity index (χ4n) is 4.76. The van der Waals surface area contributed by atoms with E-state index >= 15 is 0 Å². The van der Waals surface area contributed by atoms with Gasteiger partial charge in [-0.3, -0.25) is 14.5 Å². The molecule has 0 spiro atoms. The van der Waals surface area contributed by atoms with Crippen molar-refractivity contribution in [2.45, 2.75) is 50.1 Å². The van der Waals surface area contributed by atoms with Crippen molar-refractivity contribution in [3.05, 3.63) is 65.8 Å². The van der Waals surface area contributed by atoms with Crippen molar-refractivity contribution in [2.24, 2.45) is 5.92 Å². The molecule has 1 saturated carbocycles. The largest absolute Gasteiger partial charge is 0.306 e. The maximum atomic E-state index is 7.22. The van der Waals surface area contributed by atoms with Crippen LogP contribution in [0.1, 0.15) is 54.7 Å². The summed E-state index contributed by atoms with van der Waals surface area (Å²) in [7, 11) is 0. The number of fused-ring (bicyclic) bond motifs is 3. The van der Waals surface area contributed by atoms with Crippen molar-refractivity contribution in [3.8, 4) is 5.69 Å². The highest BCUT2D eigenvalue weighted by atomic mass is 35.5. The zero-order chi connectivity index (χ0) is 19.1. The van der Waals surface area contributed by atoms with Crippen LogP contribution in [0.2, 0.25) is 0 Å². The third-order valence-electron chi connectivity index (χ3n) is 6.22. The van der Waals surface area contributed by atoms with Gasteiger partial charge in [-0.05, 0) is 42.4 Å². The molecule has 1 N–H and O–H groups in total. The van der Waals surface area contributed by atoms with Crippen molar-refractivity contribution < 1.29 is 0 Å². The van der Waals surface area contributed by atoms with E-state index in [9.17, 15) is 0 Å². The molecule has 0 saturated heterocycles. The van der Waals surface area contributed by atoms with Crippen LogP contribution >= 0.6 is 11.6 Å². The monoisotopic (exact) mass is 394 g/mol. The minimum absolute atomic E-state index is 0.338. The van der Waals surface area contributed by atoms with Gasteiger partial charge in [-0.25, -0.2) is 0 Å². The van der Waals surface area contributed by atoms with Crippen LogP contribution in [-0.2, 0) is 18.0 Å². The second-order valence-electron chi connectivity index (χ2n) is 7.99. The van der Waals surface area contributed by atoms with Crippen molar-refractivity contribution in [3.63, 3.8) is 0 Å². The number of rotatable bonds is 2. The molecule has 2 aromatic heterocycles. The number of halogens is 1. The van der Waals surface area contributed by atoms with Crippen molar-refractivity contribution in [1.82, 2.24) is 30.0 Å². The topological polar surface area (TPSA) is 68.5 Å². The number of hydrogen-bond acceptors (Lipinski definition) is 5. The van der Waals surface area contributed by atoms with Gasteiger partial charge >= 0.3 is 0 Å². The molecule has 1 aliphatic carbocycles. The summed E-state index contributed by atoms with van der Waals surface area (Å²) in [5.41, 5.74) is 4.66. The smallest absolute Gasteiger partial charge is 0.151 e. The molecule has 144 valence electrons. The molecule has 3 unspecified atom stereocenters. The van der Waals surface area contributed by atoms with Crippen LogP contribution in [0.15, 0.2) is 43.1 Å². The van der Waals surface area contributed by atoms with E-state index in [1.54, 1.807) is 18.7 Å². The normalized spacial score (nSPS) is 26.9. The van der Waals surface area contributed by atoms with E-state index in [1.807, 2.05) is 6.20 Å². The second kappa shape index (κ2) is 6.94. The van der Waals surface area contributed by atoms with E-state index < -0.39 is 0 Å². The van der Waals surface area contributed by atoms with Crippen molar-refractivity contribution in [2.75, 3.05) is 0 Å². The Morgan fingerprint density at radius 1 is 1.25 bits per heavy atom. The van der Waals surface area contributed by atoms with E-state index in [2.05, 4.69) is 55.2 Å². The van der Waals surface area contributed by atoms with E-state index in [0.29, 0.717) is 18.4 Å². The summed E-state index contributed by atoms with van der Waals surface area (Å²) in [5.74, 6) is 1.80. The molecule has 5 rings (SSSR count). The molecule has 3 atom stereocenters. The summed E-state index contributed by atoms with van der Waals surface area (Å²) >= 11 is 7.22. The van der Waals surface area contributed by atoms with Gasteiger partial charge in [0, 0.05) is 31.1 Å². The first-order valence-electron chi connectivity index (χ1n) is 9.82. The third-order valence-corrected chi connectivity index (χ3v) is 6.78. The summed E-state index contributed by atoms with van der Waals surface area (Å²) in [6.45, 7) is 3.80.